The van der Waals surface area contributed by atoms with Crippen molar-refractivity contribution in [1.82, 2.24) is 0 Å². The highest BCUT2D eigenvalue weighted by molar-refractivity contribution is 5.74. The number of carbonyl (C=O) groups is 1. The summed E-state index contributed by atoms with van der Waals surface area (Å²) in [5, 5.41) is 0. The lowest BCUT2D eigenvalue weighted by atomic mass is 9.90. The first-order valence-corrected chi connectivity index (χ1v) is 6.03. The number of cyclic esters (lactones) is 1. The summed E-state index contributed by atoms with van der Waals surface area (Å²) in [6.45, 7) is 2.43. The Bertz CT molecular complexity index is 441. The Balaban J connectivity index is 2.12. The Morgan fingerprint density at radius 3 is 2.56 bits per heavy atom. The first-order valence-electron chi connectivity index (χ1n) is 6.03. The van der Waals surface area contributed by atoms with Gasteiger partial charge in [-0.2, -0.15) is 0 Å². The Kier molecular flexibility index (Phi) is 3.75. The number of rotatable bonds is 4. The molecule has 1 aromatic rings. The fourth-order valence-corrected chi connectivity index (χ4v) is 2.20. The van der Waals surface area contributed by atoms with Crippen molar-refractivity contribution in [1.29, 1.82) is 0 Å². The molecule has 1 aromatic carbocycles. The second-order valence-electron chi connectivity index (χ2n) is 4.57. The Labute approximate surface area is 107 Å². The third kappa shape index (κ3) is 2.42. The lowest BCUT2D eigenvalue weighted by molar-refractivity contribution is -0.140. The minimum atomic E-state index is -0.0968. The van der Waals surface area contributed by atoms with Crippen LogP contribution in [0.1, 0.15) is 12.5 Å². The smallest absolute Gasteiger partial charge is 0.309 e. The van der Waals surface area contributed by atoms with Crippen LogP contribution in [0, 0.1) is 11.8 Å². The van der Waals surface area contributed by atoms with E-state index in [0.29, 0.717) is 18.1 Å². The van der Waals surface area contributed by atoms with Crippen molar-refractivity contribution < 1.29 is 19.0 Å². The molecular formula is C14H18O4. The molecule has 0 N–H and O–H groups in total. The SMILES string of the molecule is COc1ccc(CC2COC(=O)C2C)cc1OC. The third-order valence-electron chi connectivity index (χ3n) is 3.46. The molecule has 0 radical (unpaired) electrons. The molecule has 0 aromatic heterocycles. The van der Waals surface area contributed by atoms with Gasteiger partial charge in [0.1, 0.15) is 0 Å². The number of carbonyl (C=O) groups excluding carboxylic acids is 1. The maximum absolute atomic E-state index is 11.3. The normalized spacial score (nSPS) is 22.7. The van der Waals surface area contributed by atoms with Crippen LogP contribution in [0.3, 0.4) is 0 Å². The summed E-state index contributed by atoms with van der Waals surface area (Å²) < 4.78 is 15.5. The standard InChI is InChI=1S/C14H18O4/c1-9-11(8-18-14(9)15)6-10-4-5-12(16-2)13(7-10)17-3/h4-5,7,9,11H,6,8H2,1-3H3. The molecular weight excluding hydrogens is 232 g/mol. The summed E-state index contributed by atoms with van der Waals surface area (Å²) in [6.07, 6.45) is 0.813. The quantitative estimate of drug-likeness (QED) is 0.767. The van der Waals surface area contributed by atoms with Crippen LogP contribution < -0.4 is 9.47 Å². The number of benzene rings is 1. The van der Waals surface area contributed by atoms with Crippen molar-refractivity contribution in [3.8, 4) is 11.5 Å². The number of esters is 1. The van der Waals surface area contributed by atoms with Gasteiger partial charge in [0.25, 0.3) is 0 Å². The first kappa shape index (κ1) is 12.7. The van der Waals surface area contributed by atoms with Crippen LogP contribution in [0.5, 0.6) is 11.5 Å². The topological polar surface area (TPSA) is 44.8 Å². The van der Waals surface area contributed by atoms with Crippen LogP contribution >= 0.6 is 0 Å². The molecule has 1 heterocycles. The molecule has 18 heavy (non-hydrogen) atoms. The molecule has 0 aliphatic carbocycles. The second kappa shape index (κ2) is 5.29. The van der Waals surface area contributed by atoms with Crippen LogP contribution in [0.15, 0.2) is 18.2 Å². The summed E-state index contributed by atoms with van der Waals surface area (Å²) in [6, 6.07) is 5.84. The maximum Gasteiger partial charge on any atom is 0.309 e. The molecule has 4 nitrogen and oxygen atoms in total. The summed E-state index contributed by atoms with van der Waals surface area (Å²) in [4.78, 5) is 11.3. The fraction of sp³-hybridized carbons (Fsp3) is 0.500. The second-order valence-corrected chi connectivity index (χ2v) is 4.57. The molecule has 0 saturated carbocycles. The first-order chi connectivity index (χ1) is 8.65. The van der Waals surface area contributed by atoms with E-state index in [4.69, 9.17) is 14.2 Å². The number of hydrogen-bond acceptors (Lipinski definition) is 4. The van der Waals surface area contributed by atoms with Gasteiger partial charge in [0.05, 0.1) is 26.7 Å². The number of methoxy groups -OCH3 is 2. The molecule has 2 atom stereocenters. The van der Waals surface area contributed by atoms with E-state index < -0.39 is 0 Å². The third-order valence-corrected chi connectivity index (χ3v) is 3.46. The highest BCUT2D eigenvalue weighted by atomic mass is 16.5. The summed E-state index contributed by atoms with van der Waals surface area (Å²) in [5.41, 5.74) is 1.13. The van der Waals surface area contributed by atoms with E-state index in [2.05, 4.69) is 0 Å². The van der Waals surface area contributed by atoms with Crippen LogP contribution in [0.4, 0.5) is 0 Å². The van der Waals surface area contributed by atoms with E-state index in [0.717, 1.165) is 12.0 Å². The molecule has 0 amide bonds. The van der Waals surface area contributed by atoms with Gasteiger partial charge in [-0.1, -0.05) is 13.0 Å². The van der Waals surface area contributed by atoms with Gasteiger partial charge < -0.3 is 14.2 Å². The van der Waals surface area contributed by atoms with Gasteiger partial charge in [-0.3, -0.25) is 4.79 Å². The highest BCUT2D eigenvalue weighted by Gasteiger charge is 2.32. The summed E-state index contributed by atoms with van der Waals surface area (Å²) in [7, 11) is 3.23. The predicted molar refractivity (Wildman–Crippen MR) is 66.9 cm³/mol. The van der Waals surface area contributed by atoms with Gasteiger partial charge in [-0.05, 0) is 24.1 Å². The summed E-state index contributed by atoms with van der Waals surface area (Å²) in [5.74, 6) is 1.55. The average Bonchev–Trinajstić information content (AvgIpc) is 2.70. The van der Waals surface area contributed by atoms with E-state index in [1.165, 1.54) is 0 Å². The molecule has 1 aliphatic heterocycles. The number of ether oxygens (including phenoxy) is 3. The van der Waals surface area contributed by atoms with Gasteiger partial charge in [0.15, 0.2) is 11.5 Å². The predicted octanol–water partition coefficient (Wildman–Crippen LogP) is 2.06. The van der Waals surface area contributed by atoms with Gasteiger partial charge in [0, 0.05) is 5.92 Å². The summed E-state index contributed by atoms with van der Waals surface area (Å²) >= 11 is 0. The van der Waals surface area contributed by atoms with E-state index in [1.54, 1.807) is 14.2 Å². The van der Waals surface area contributed by atoms with Crippen molar-refractivity contribution in [2.24, 2.45) is 11.8 Å². The molecule has 1 saturated heterocycles. The lowest BCUT2D eigenvalue weighted by Gasteiger charge is -2.13. The van der Waals surface area contributed by atoms with Crippen LogP contribution in [0.25, 0.3) is 0 Å². The molecule has 2 rings (SSSR count). The van der Waals surface area contributed by atoms with Crippen molar-refractivity contribution in [2.45, 2.75) is 13.3 Å². The zero-order valence-electron chi connectivity index (χ0n) is 10.9. The monoisotopic (exact) mass is 250 g/mol. The molecule has 98 valence electrons. The Morgan fingerprint density at radius 2 is 2.00 bits per heavy atom. The lowest BCUT2D eigenvalue weighted by Crippen LogP contribution is -2.14. The van der Waals surface area contributed by atoms with Crippen LogP contribution in [-0.2, 0) is 16.0 Å². The van der Waals surface area contributed by atoms with Crippen molar-refractivity contribution in [3.63, 3.8) is 0 Å². The van der Waals surface area contributed by atoms with Gasteiger partial charge in [0.2, 0.25) is 0 Å². The largest absolute Gasteiger partial charge is 0.493 e. The van der Waals surface area contributed by atoms with E-state index in [9.17, 15) is 4.79 Å². The van der Waals surface area contributed by atoms with E-state index >= 15 is 0 Å². The average molecular weight is 250 g/mol. The minimum absolute atomic E-state index is 0.0295. The molecule has 0 bridgehead atoms. The molecule has 4 heteroatoms. The van der Waals surface area contributed by atoms with Crippen LogP contribution in [0.2, 0.25) is 0 Å². The van der Waals surface area contributed by atoms with E-state index in [-0.39, 0.29) is 17.8 Å². The minimum Gasteiger partial charge on any atom is -0.493 e. The van der Waals surface area contributed by atoms with Gasteiger partial charge >= 0.3 is 5.97 Å². The Morgan fingerprint density at radius 1 is 1.28 bits per heavy atom. The highest BCUT2D eigenvalue weighted by Crippen LogP contribution is 2.31. The maximum atomic E-state index is 11.3. The van der Waals surface area contributed by atoms with Crippen molar-refractivity contribution in [2.75, 3.05) is 20.8 Å². The molecule has 2 unspecified atom stereocenters. The number of hydrogen-bond donors (Lipinski definition) is 0. The molecule has 1 fully saturated rings. The van der Waals surface area contributed by atoms with Crippen molar-refractivity contribution >= 4 is 5.97 Å². The van der Waals surface area contributed by atoms with Gasteiger partial charge in [-0.25, -0.2) is 0 Å². The fourth-order valence-electron chi connectivity index (χ4n) is 2.20. The van der Waals surface area contributed by atoms with Crippen LogP contribution in [-0.4, -0.2) is 26.8 Å². The zero-order valence-corrected chi connectivity index (χ0v) is 10.9. The zero-order chi connectivity index (χ0) is 13.1. The molecule has 1 aliphatic rings. The Hall–Kier alpha value is -1.71. The van der Waals surface area contributed by atoms with Gasteiger partial charge in [-0.15, -0.1) is 0 Å². The van der Waals surface area contributed by atoms with E-state index in [1.807, 2.05) is 25.1 Å². The molecule has 0 spiro atoms. The van der Waals surface area contributed by atoms with Crippen molar-refractivity contribution in [3.05, 3.63) is 23.8 Å².